The molecule has 2 aromatic carbocycles. The molecule has 0 saturated heterocycles. The molecule has 0 bridgehead atoms. The van der Waals surface area contributed by atoms with Crippen LogP contribution < -0.4 is 10.9 Å². The minimum absolute atomic E-state index is 0.0676. The molecule has 28 heavy (non-hydrogen) atoms. The summed E-state index contributed by atoms with van der Waals surface area (Å²) in [6.07, 6.45) is 1.95. The van der Waals surface area contributed by atoms with Crippen molar-refractivity contribution in [3.05, 3.63) is 63.8 Å². The lowest BCUT2D eigenvalue weighted by Gasteiger charge is -2.08. The molecule has 9 heteroatoms. The number of fused-ring (bicyclic) bond motifs is 1. The summed E-state index contributed by atoms with van der Waals surface area (Å²) in [7, 11) is 0. The molecule has 1 heterocycles. The van der Waals surface area contributed by atoms with Crippen LogP contribution in [-0.2, 0) is 10.5 Å². The van der Waals surface area contributed by atoms with Gasteiger partial charge in [-0.05, 0) is 30.5 Å². The lowest BCUT2D eigenvalue weighted by Crippen LogP contribution is -2.42. The minimum Gasteiger partial charge on any atom is -0.451 e. The van der Waals surface area contributed by atoms with E-state index in [1.54, 1.807) is 36.0 Å². The average molecular weight is 455 g/mol. The van der Waals surface area contributed by atoms with Crippen LogP contribution in [0.1, 0.15) is 16.1 Å². The Kier molecular flexibility index (Phi) is 7.18. The highest BCUT2D eigenvalue weighted by Crippen LogP contribution is 2.30. The van der Waals surface area contributed by atoms with Crippen molar-refractivity contribution < 1.29 is 14.0 Å². The molecular weight excluding hydrogens is 439 g/mol. The number of nitrogens with one attached hydrogen (secondary N) is 2. The monoisotopic (exact) mass is 454 g/mol. The number of carbonyl (C=O) groups is 2. The van der Waals surface area contributed by atoms with Crippen LogP contribution in [0.3, 0.4) is 0 Å². The van der Waals surface area contributed by atoms with E-state index in [0.717, 1.165) is 10.9 Å². The molecule has 3 aromatic rings. The third-order valence-electron chi connectivity index (χ3n) is 3.76. The summed E-state index contributed by atoms with van der Waals surface area (Å²) in [5.41, 5.74) is 6.24. The average Bonchev–Trinajstić information content (AvgIpc) is 3.06. The summed E-state index contributed by atoms with van der Waals surface area (Å²) in [4.78, 5) is 25.3. The number of thioether (sulfide) groups is 2. The Hall–Kier alpha value is -1.80. The van der Waals surface area contributed by atoms with Crippen molar-refractivity contribution in [2.24, 2.45) is 0 Å². The van der Waals surface area contributed by atoms with E-state index in [1.165, 1.54) is 11.8 Å². The topological polar surface area (TPSA) is 71.3 Å². The first-order valence-electron chi connectivity index (χ1n) is 8.16. The van der Waals surface area contributed by atoms with E-state index in [4.69, 9.17) is 27.6 Å². The van der Waals surface area contributed by atoms with E-state index in [9.17, 15) is 9.59 Å². The van der Waals surface area contributed by atoms with Crippen LogP contribution in [0.2, 0.25) is 10.0 Å². The number of amides is 2. The van der Waals surface area contributed by atoms with Gasteiger partial charge in [0.2, 0.25) is 5.91 Å². The molecule has 0 radical (unpaired) electrons. The van der Waals surface area contributed by atoms with Gasteiger partial charge in [0.15, 0.2) is 5.76 Å². The minimum atomic E-state index is -0.501. The van der Waals surface area contributed by atoms with Gasteiger partial charge < -0.3 is 4.42 Å². The van der Waals surface area contributed by atoms with Gasteiger partial charge in [0, 0.05) is 26.6 Å². The molecule has 2 N–H and O–H groups in total. The third-order valence-corrected chi connectivity index (χ3v) is 6.07. The normalized spacial score (nSPS) is 10.8. The van der Waals surface area contributed by atoms with Crippen LogP contribution in [0.15, 0.2) is 51.8 Å². The number of rotatable bonds is 6. The summed E-state index contributed by atoms with van der Waals surface area (Å²) in [6.45, 7) is 0. The fourth-order valence-electron chi connectivity index (χ4n) is 2.52. The van der Waals surface area contributed by atoms with Gasteiger partial charge in [0.05, 0.1) is 10.8 Å². The van der Waals surface area contributed by atoms with E-state index in [1.807, 2.05) is 24.5 Å². The zero-order chi connectivity index (χ0) is 20.1. The molecule has 5 nitrogen and oxygen atoms in total. The first-order chi connectivity index (χ1) is 13.5. The standard InChI is InChI=1S/C19H16Cl2N2O3S2/c1-27-9-13-12-4-2-3-5-15(12)26-18(13)19(25)23-22-17(24)10-28-16-8-11(20)6-7-14(16)21/h2-8H,9-10H2,1H3,(H,22,24)(H,23,25). The number of furan rings is 1. The van der Waals surface area contributed by atoms with Crippen LogP contribution >= 0.6 is 46.7 Å². The summed E-state index contributed by atoms with van der Waals surface area (Å²) < 4.78 is 5.69. The van der Waals surface area contributed by atoms with Gasteiger partial charge in [-0.1, -0.05) is 41.4 Å². The van der Waals surface area contributed by atoms with Gasteiger partial charge in [-0.2, -0.15) is 11.8 Å². The lowest BCUT2D eigenvalue weighted by molar-refractivity contribution is -0.119. The van der Waals surface area contributed by atoms with Gasteiger partial charge in [-0.15, -0.1) is 11.8 Å². The zero-order valence-electron chi connectivity index (χ0n) is 14.8. The van der Waals surface area contributed by atoms with Crippen molar-refractivity contribution in [2.75, 3.05) is 12.0 Å². The molecule has 3 rings (SSSR count). The third kappa shape index (κ3) is 4.97. The number of hydrogen-bond acceptors (Lipinski definition) is 5. The predicted octanol–water partition coefficient (Wildman–Crippen LogP) is 5.16. The van der Waals surface area contributed by atoms with E-state index in [0.29, 0.717) is 26.3 Å². The molecule has 0 aliphatic rings. The fourth-order valence-corrected chi connectivity index (χ4v) is 4.39. The van der Waals surface area contributed by atoms with Crippen LogP contribution in [-0.4, -0.2) is 23.8 Å². The number of halogens is 2. The highest BCUT2D eigenvalue weighted by molar-refractivity contribution is 8.00. The molecule has 2 amide bonds. The zero-order valence-corrected chi connectivity index (χ0v) is 17.9. The van der Waals surface area contributed by atoms with Gasteiger partial charge in [-0.25, -0.2) is 0 Å². The van der Waals surface area contributed by atoms with Crippen molar-refractivity contribution in [3.8, 4) is 0 Å². The van der Waals surface area contributed by atoms with Crippen LogP contribution in [0.25, 0.3) is 11.0 Å². The molecule has 0 aliphatic heterocycles. The number of carbonyl (C=O) groups excluding carboxylic acids is 2. The maximum atomic E-state index is 12.5. The maximum absolute atomic E-state index is 12.5. The summed E-state index contributed by atoms with van der Waals surface area (Å²) in [5.74, 6) is 0.00677. The highest BCUT2D eigenvalue weighted by Gasteiger charge is 2.20. The molecule has 0 spiro atoms. The molecule has 0 saturated carbocycles. The number of para-hydroxylation sites is 1. The predicted molar refractivity (Wildman–Crippen MR) is 116 cm³/mol. The van der Waals surface area contributed by atoms with Crippen LogP contribution in [0.5, 0.6) is 0 Å². The van der Waals surface area contributed by atoms with Gasteiger partial charge >= 0.3 is 5.91 Å². The first kappa shape index (κ1) is 20.9. The molecule has 0 atom stereocenters. The van der Waals surface area contributed by atoms with Crippen molar-refractivity contribution in [3.63, 3.8) is 0 Å². The Balaban J connectivity index is 1.62. The second-order valence-corrected chi connectivity index (χ2v) is 8.43. The Labute approximate surface area is 180 Å². The number of benzene rings is 2. The Morgan fingerprint density at radius 3 is 2.68 bits per heavy atom. The van der Waals surface area contributed by atoms with E-state index in [2.05, 4.69) is 10.9 Å². The fraction of sp³-hybridized carbons (Fsp3) is 0.158. The molecule has 146 valence electrons. The molecule has 0 aliphatic carbocycles. The van der Waals surface area contributed by atoms with Crippen molar-refractivity contribution in [1.82, 2.24) is 10.9 Å². The summed E-state index contributed by atoms with van der Waals surface area (Å²) in [6, 6.07) is 12.5. The largest absolute Gasteiger partial charge is 0.451 e. The highest BCUT2D eigenvalue weighted by atomic mass is 35.5. The van der Waals surface area contributed by atoms with E-state index < -0.39 is 5.91 Å². The molecule has 0 unspecified atom stereocenters. The summed E-state index contributed by atoms with van der Waals surface area (Å²) >= 11 is 14.8. The van der Waals surface area contributed by atoms with Gasteiger partial charge in [0.25, 0.3) is 0 Å². The van der Waals surface area contributed by atoms with E-state index in [-0.39, 0.29) is 17.4 Å². The van der Waals surface area contributed by atoms with Crippen LogP contribution in [0.4, 0.5) is 0 Å². The number of hydrogen-bond donors (Lipinski definition) is 2. The molecular formula is C19H16Cl2N2O3S2. The van der Waals surface area contributed by atoms with Gasteiger partial charge in [-0.3, -0.25) is 20.4 Å². The van der Waals surface area contributed by atoms with Crippen LogP contribution in [0, 0.1) is 0 Å². The summed E-state index contributed by atoms with van der Waals surface area (Å²) in [5, 5.41) is 1.93. The quantitative estimate of drug-likeness (QED) is 0.397. The van der Waals surface area contributed by atoms with Gasteiger partial charge in [0.1, 0.15) is 5.58 Å². The molecule has 1 aromatic heterocycles. The first-order valence-corrected chi connectivity index (χ1v) is 11.3. The molecule has 0 fully saturated rings. The SMILES string of the molecule is CSCc1c(C(=O)NNC(=O)CSc2cc(Cl)ccc2Cl)oc2ccccc12. The second-order valence-electron chi connectivity index (χ2n) is 5.70. The van der Waals surface area contributed by atoms with Crippen molar-refractivity contribution in [2.45, 2.75) is 10.6 Å². The Bertz CT molecular complexity index is 1020. The van der Waals surface area contributed by atoms with Crippen molar-refractivity contribution in [1.29, 1.82) is 0 Å². The Morgan fingerprint density at radius 2 is 1.89 bits per heavy atom. The Morgan fingerprint density at radius 1 is 1.11 bits per heavy atom. The smallest absolute Gasteiger partial charge is 0.305 e. The number of hydrazine groups is 1. The maximum Gasteiger partial charge on any atom is 0.305 e. The second kappa shape index (κ2) is 9.60. The van der Waals surface area contributed by atoms with Crippen molar-refractivity contribution >= 4 is 69.5 Å². The van der Waals surface area contributed by atoms with E-state index >= 15 is 0 Å². The lowest BCUT2D eigenvalue weighted by atomic mass is 10.1.